The van der Waals surface area contributed by atoms with Crippen LogP contribution in [-0.2, 0) is 22.6 Å². The van der Waals surface area contributed by atoms with E-state index < -0.39 is 11.3 Å². The van der Waals surface area contributed by atoms with E-state index in [4.69, 9.17) is 4.74 Å². The van der Waals surface area contributed by atoms with Crippen LogP contribution >= 0.6 is 0 Å². The van der Waals surface area contributed by atoms with E-state index in [1.165, 1.54) is 6.07 Å². The fourth-order valence-corrected chi connectivity index (χ4v) is 6.34. The molecule has 5 heterocycles. The van der Waals surface area contributed by atoms with Crippen LogP contribution in [0, 0.1) is 24.2 Å². The molecule has 0 spiro atoms. The van der Waals surface area contributed by atoms with Crippen molar-refractivity contribution in [3.8, 4) is 6.07 Å². The van der Waals surface area contributed by atoms with Crippen LogP contribution in [0.25, 0.3) is 11.0 Å². The zero-order valence-corrected chi connectivity index (χ0v) is 24.3. The van der Waals surface area contributed by atoms with Gasteiger partial charge in [-0.1, -0.05) is 18.2 Å². The van der Waals surface area contributed by atoms with Gasteiger partial charge in [-0.05, 0) is 76.1 Å². The van der Waals surface area contributed by atoms with Gasteiger partial charge in [0.1, 0.15) is 17.3 Å². The first-order chi connectivity index (χ1) is 20.2. The summed E-state index contributed by atoms with van der Waals surface area (Å²) in [6, 6.07) is 10.4. The molecule has 1 atom stereocenters. The van der Waals surface area contributed by atoms with Crippen molar-refractivity contribution < 1.29 is 13.5 Å². The largest absolute Gasteiger partial charge is 0.381 e. The molecular formula is C32H38F2N6O2. The summed E-state index contributed by atoms with van der Waals surface area (Å²) in [6.07, 6.45) is 3.60. The number of hydrogen-bond acceptors (Lipinski definition) is 7. The maximum Gasteiger partial charge on any atom is 0.273 e. The smallest absolute Gasteiger partial charge is 0.273 e. The third kappa shape index (κ3) is 5.64. The number of benzene rings is 1. The average molecular weight is 577 g/mol. The van der Waals surface area contributed by atoms with Gasteiger partial charge in [0, 0.05) is 56.4 Å². The summed E-state index contributed by atoms with van der Waals surface area (Å²) >= 11 is 0. The third-order valence-corrected chi connectivity index (χ3v) is 8.96. The number of fused-ring (bicyclic) bond motifs is 9. The highest BCUT2D eigenvalue weighted by atomic mass is 19.3. The number of pyridine rings is 1. The quantitative estimate of drug-likeness (QED) is 0.412. The Morgan fingerprint density at radius 1 is 1.10 bits per heavy atom. The molecule has 1 saturated carbocycles. The molecule has 10 heteroatoms. The highest BCUT2D eigenvalue weighted by molar-refractivity contribution is 5.88. The van der Waals surface area contributed by atoms with Crippen molar-refractivity contribution in [2.75, 3.05) is 38.2 Å². The van der Waals surface area contributed by atoms with Gasteiger partial charge in [-0.2, -0.15) is 5.26 Å². The number of nitrogens with zero attached hydrogens (tertiary/aromatic N) is 5. The van der Waals surface area contributed by atoms with Crippen LogP contribution in [0.3, 0.4) is 0 Å². The number of nitriles is 1. The van der Waals surface area contributed by atoms with Gasteiger partial charge >= 0.3 is 0 Å². The first kappa shape index (κ1) is 28.7. The fourth-order valence-electron chi connectivity index (χ4n) is 6.34. The summed E-state index contributed by atoms with van der Waals surface area (Å²) in [5.74, 6) is -1.94. The molecule has 2 aromatic heterocycles. The van der Waals surface area contributed by atoms with Gasteiger partial charge in [0.05, 0.1) is 16.9 Å². The van der Waals surface area contributed by atoms with Crippen molar-refractivity contribution in [1.82, 2.24) is 19.4 Å². The Morgan fingerprint density at radius 3 is 2.64 bits per heavy atom. The van der Waals surface area contributed by atoms with E-state index in [1.807, 2.05) is 13.0 Å². The summed E-state index contributed by atoms with van der Waals surface area (Å²) in [7, 11) is 0. The minimum absolute atomic E-state index is 0.0151. The van der Waals surface area contributed by atoms with Crippen LogP contribution in [0.1, 0.15) is 74.0 Å². The molecule has 1 N–H and O–H groups in total. The van der Waals surface area contributed by atoms with Gasteiger partial charge in [0.25, 0.3) is 11.5 Å². The Hall–Kier alpha value is -3.42. The lowest BCUT2D eigenvalue weighted by Gasteiger charge is -2.41. The van der Waals surface area contributed by atoms with Crippen LogP contribution in [0.4, 0.5) is 14.6 Å². The van der Waals surface area contributed by atoms with Gasteiger partial charge < -0.3 is 15.0 Å². The minimum Gasteiger partial charge on any atom is -0.381 e. The summed E-state index contributed by atoms with van der Waals surface area (Å²) < 4.78 is 38.4. The van der Waals surface area contributed by atoms with E-state index in [1.54, 1.807) is 29.7 Å². The Labute approximate surface area is 244 Å². The summed E-state index contributed by atoms with van der Waals surface area (Å²) in [5.41, 5.74) is 0.711. The van der Waals surface area contributed by atoms with E-state index >= 15 is 8.78 Å². The number of hydrogen-bond donors (Lipinski definition) is 1. The number of alkyl halides is 2. The van der Waals surface area contributed by atoms with Crippen molar-refractivity contribution in [2.45, 2.75) is 76.3 Å². The number of anilines is 1. The fraction of sp³-hybridized carbons (Fsp3) is 0.562. The van der Waals surface area contributed by atoms with Crippen molar-refractivity contribution in [3.05, 3.63) is 63.2 Å². The lowest BCUT2D eigenvalue weighted by Crippen LogP contribution is -2.48. The Morgan fingerprint density at radius 2 is 1.88 bits per heavy atom. The molecule has 4 aliphatic rings. The molecule has 1 saturated heterocycles. The van der Waals surface area contributed by atoms with Crippen molar-refractivity contribution in [3.63, 3.8) is 0 Å². The lowest BCUT2D eigenvalue weighted by atomic mass is 9.89. The number of halogens is 2. The van der Waals surface area contributed by atoms with Gasteiger partial charge in [-0.3, -0.25) is 9.36 Å². The highest BCUT2D eigenvalue weighted by Gasteiger charge is 2.47. The molecule has 3 aliphatic heterocycles. The number of aromatic nitrogens is 3. The Kier molecular flexibility index (Phi) is 7.75. The standard InChI is InChI=1S/C32H38F2N6O2/c1-21-24-7-5-8-25(15-24)32(33,34)17-23-18-39(19-23)11-3-4-13-42-14-6-12-40-29-26(28(36-21)37-22(2)38-29)16-27(30(40)41)31(20-35)9-10-31/h5,7-8,15-16,21,23H,3-4,6,9-14,17-19H2,1-2H3,(H,36,37,38)/t21-/m1/s1. The number of aryl methyl sites for hydroxylation is 2. The lowest BCUT2D eigenvalue weighted by molar-refractivity contribution is -0.0570. The highest BCUT2D eigenvalue weighted by Crippen LogP contribution is 2.47. The van der Waals surface area contributed by atoms with Crippen molar-refractivity contribution in [2.24, 2.45) is 5.92 Å². The van der Waals surface area contributed by atoms with Crippen molar-refractivity contribution in [1.29, 1.82) is 5.26 Å². The van der Waals surface area contributed by atoms with E-state index in [0.29, 0.717) is 80.3 Å². The monoisotopic (exact) mass is 576 g/mol. The Bertz CT molecular complexity index is 1570. The first-order valence-corrected chi connectivity index (χ1v) is 15.1. The molecule has 0 unspecified atom stereocenters. The molecule has 8 bridgehead atoms. The normalized spacial score (nSPS) is 25.7. The minimum atomic E-state index is -2.92. The number of rotatable bonds is 1. The third-order valence-electron chi connectivity index (χ3n) is 8.96. The van der Waals surface area contributed by atoms with Crippen LogP contribution in [0.2, 0.25) is 0 Å². The van der Waals surface area contributed by atoms with Crippen LogP contribution in [0.15, 0.2) is 35.1 Å². The first-order valence-electron chi connectivity index (χ1n) is 15.1. The van der Waals surface area contributed by atoms with Crippen LogP contribution in [0.5, 0.6) is 0 Å². The zero-order valence-electron chi connectivity index (χ0n) is 24.3. The molecule has 222 valence electrons. The van der Waals surface area contributed by atoms with Gasteiger partial charge in [0.2, 0.25) is 0 Å². The molecule has 0 amide bonds. The predicted molar refractivity (Wildman–Crippen MR) is 157 cm³/mol. The summed E-state index contributed by atoms with van der Waals surface area (Å²) in [6.45, 7) is 7.51. The molecule has 1 aromatic carbocycles. The predicted octanol–water partition coefficient (Wildman–Crippen LogP) is 5.44. The van der Waals surface area contributed by atoms with E-state index in [9.17, 15) is 10.1 Å². The second-order valence-corrected chi connectivity index (χ2v) is 12.3. The number of nitrogens with one attached hydrogen (secondary N) is 1. The molecule has 7 rings (SSSR count). The molecule has 0 radical (unpaired) electrons. The van der Waals surface area contributed by atoms with Crippen LogP contribution < -0.4 is 10.9 Å². The second-order valence-electron chi connectivity index (χ2n) is 12.3. The maximum absolute atomic E-state index is 15.4. The molecule has 3 aromatic rings. The van der Waals surface area contributed by atoms with Gasteiger partial charge in [-0.25, -0.2) is 18.7 Å². The zero-order chi connectivity index (χ0) is 29.5. The molecule has 2 fully saturated rings. The second kappa shape index (κ2) is 11.3. The maximum atomic E-state index is 15.4. The SMILES string of the molecule is Cc1nc2c3cc(C4(C#N)CC4)c(=O)n(c3n1)CCCOCCCCN1CC(C1)CC(F)(F)c1cccc(c1)[C@@H](C)N2. The number of ether oxygens (including phenoxy) is 1. The summed E-state index contributed by atoms with van der Waals surface area (Å²) in [5, 5.41) is 14.0. The average Bonchev–Trinajstić information content (AvgIpc) is 3.74. The van der Waals surface area contributed by atoms with E-state index in [2.05, 4.69) is 26.3 Å². The molecule has 42 heavy (non-hydrogen) atoms. The molecular weight excluding hydrogens is 538 g/mol. The van der Waals surface area contributed by atoms with E-state index in [-0.39, 0.29) is 29.5 Å². The van der Waals surface area contributed by atoms with Crippen LogP contribution in [-0.4, -0.2) is 52.3 Å². The van der Waals surface area contributed by atoms with Gasteiger partial charge in [-0.15, -0.1) is 0 Å². The summed E-state index contributed by atoms with van der Waals surface area (Å²) in [4.78, 5) is 25.3. The molecule has 8 nitrogen and oxygen atoms in total. The van der Waals surface area contributed by atoms with E-state index in [0.717, 1.165) is 24.9 Å². The molecule has 1 aliphatic carbocycles. The Balaban J connectivity index is 1.40. The van der Waals surface area contributed by atoms with Crippen molar-refractivity contribution >= 4 is 16.9 Å². The topological polar surface area (TPSA) is 96.1 Å². The van der Waals surface area contributed by atoms with Gasteiger partial charge in [0.15, 0.2) is 0 Å².